The van der Waals surface area contributed by atoms with E-state index in [1.165, 1.54) is 24.5 Å². The molecular weight excluding hydrogens is 316 g/mol. The number of methoxy groups -OCH3 is 1. The molecule has 1 N–H and O–H groups in total. The van der Waals surface area contributed by atoms with Crippen molar-refractivity contribution >= 4 is 33.2 Å². The number of nitrogens with one attached hydrogen (secondary N) is 1. The normalized spacial score (nSPS) is 29.8. The fraction of sp³-hybridized carbons (Fsp3) is 0.462. The Morgan fingerprint density at radius 3 is 2.76 bits per heavy atom. The van der Waals surface area contributed by atoms with Crippen molar-refractivity contribution in [3.05, 3.63) is 23.2 Å². The van der Waals surface area contributed by atoms with Gasteiger partial charge in [0.05, 0.1) is 12.1 Å². The number of hydrogen-bond acceptors (Lipinski definition) is 4. The minimum atomic E-state index is -3.57. The Morgan fingerprint density at radius 2 is 2.24 bits per heavy atom. The van der Waals surface area contributed by atoms with Crippen molar-refractivity contribution in [1.82, 2.24) is 4.31 Å². The number of rotatable bonds is 3. The quantitative estimate of drug-likeness (QED) is 0.907. The topological polar surface area (TPSA) is 75.7 Å². The summed E-state index contributed by atoms with van der Waals surface area (Å²) in [6.45, 7) is 0.402. The third-order valence-corrected chi connectivity index (χ3v) is 7.06. The average Bonchev–Trinajstić information content (AvgIpc) is 3.10. The third-order valence-electron chi connectivity index (χ3n) is 4.19. The zero-order chi connectivity index (χ0) is 15.4. The molecule has 2 fully saturated rings. The Balaban J connectivity index is 1.84. The molecule has 1 amide bonds. The van der Waals surface area contributed by atoms with Crippen LogP contribution in [-0.4, -0.2) is 44.1 Å². The van der Waals surface area contributed by atoms with Crippen LogP contribution in [0.15, 0.2) is 18.2 Å². The SMILES string of the molecule is COc1ccc(NC(=O)C23CC2CN(C)S3(=O)=O)cc1Cl. The Hall–Kier alpha value is -1.31. The van der Waals surface area contributed by atoms with Crippen molar-refractivity contribution in [2.75, 3.05) is 26.0 Å². The molecule has 1 aliphatic carbocycles. The lowest BCUT2D eigenvalue weighted by Crippen LogP contribution is -2.40. The summed E-state index contributed by atoms with van der Waals surface area (Å²) in [6, 6.07) is 4.79. The molecule has 8 heteroatoms. The highest BCUT2D eigenvalue weighted by atomic mass is 35.5. The predicted octanol–water partition coefficient (Wildman–Crippen LogP) is 1.32. The molecule has 0 spiro atoms. The van der Waals surface area contributed by atoms with E-state index in [0.29, 0.717) is 29.4 Å². The molecule has 0 radical (unpaired) electrons. The van der Waals surface area contributed by atoms with Crippen LogP contribution in [0.3, 0.4) is 0 Å². The van der Waals surface area contributed by atoms with Gasteiger partial charge in [0.25, 0.3) is 0 Å². The number of fused-ring (bicyclic) bond motifs is 1. The Morgan fingerprint density at radius 1 is 1.52 bits per heavy atom. The van der Waals surface area contributed by atoms with E-state index < -0.39 is 20.7 Å². The highest BCUT2D eigenvalue weighted by molar-refractivity contribution is 7.92. The lowest BCUT2D eigenvalue weighted by Gasteiger charge is -2.17. The van der Waals surface area contributed by atoms with Crippen LogP contribution in [-0.2, 0) is 14.8 Å². The highest BCUT2D eigenvalue weighted by Gasteiger charge is 2.74. The van der Waals surface area contributed by atoms with Crippen LogP contribution in [0, 0.1) is 5.92 Å². The standard InChI is InChI=1S/C13H15ClN2O4S/c1-16-7-8-6-13(8,21(16,18)19)12(17)15-9-3-4-11(20-2)10(14)5-9/h3-5,8H,6-7H2,1-2H3,(H,15,17). The fourth-order valence-electron chi connectivity index (χ4n) is 2.90. The maximum atomic E-state index is 12.4. The van der Waals surface area contributed by atoms with E-state index in [2.05, 4.69) is 5.32 Å². The molecule has 3 rings (SSSR count). The average molecular weight is 331 g/mol. The number of hydrogen-bond donors (Lipinski definition) is 1. The molecule has 0 aromatic heterocycles. The van der Waals surface area contributed by atoms with Crippen molar-refractivity contribution < 1.29 is 17.9 Å². The van der Waals surface area contributed by atoms with Gasteiger partial charge >= 0.3 is 0 Å². The number of carbonyl (C=O) groups is 1. The molecule has 1 aromatic rings. The molecule has 2 aliphatic rings. The first-order valence-corrected chi connectivity index (χ1v) is 8.25. The number of carbonyl (C=O) groups excluding carboxylic acids is 1. The molecule has 21 heavy (non-hydrogen) atoms. The lowest BCUT2D eigenvalue weighted by atomic mass is 10.2. The van der Waals surface area contributed by atoms with E-state index in [4.69, 9.17) is 16.3 Å². The second-order valence-electron chi connectivity index (χ2n) is 5.38. The van der Waals surface area contributed by atoms with E-state index in [1.54, 1.807) is 12.1 Å². The van der Waals surface area contributed by atoms with Crippen molar-refractivity contribution in [2.24, 2.45) is 5.92 Å². The molecule has 2 unspecified atom stereocenters. The molecule has 1 saturated carbocycles. The Bertz CT molecular complexity index is 721. The van der Waals surface area contributed by atoms with Gasteiger partial charge in [0.2, 0.25) is 15.9 Å². The number of ether oxygens (including phenoxy) is 1. The first-order chi connectivity index (χ1) is 9.82. The summed E-state index contributed by atoms with van der Waals surface area (Å²) < 4.78 is 29.5. The summed E-state index contributed by atoms with van der Waals surface area (Å²) in [5.41, 5.74) is 0.454. The van der Waals surface area contributed by atoms with Gasteiger partial charge in [-0.15, -0.1) is 0 Å². The summed E-state index contributed by atoms with van der Waals surface area (Å²) in [6.07, 6.45) is 0.384. The molecular formula is C13H15ClN2O4S. The number of sulfonamides is 1. The molecule has 1 aliphatic heterocycles. The molecule has 114 valence electrons. The molecule has 6 nitrogen and oxygen atoms in total. The number of anilines is 1. The highest BCUT2D eigenvalue weighted by Crippen LogP contribution is 2.57. The van der Waals surface area contributed by atoms with E-state index in [9.17, 15) is 13.2 Å². The van der Waals surface area contributed by atoms with Gasteiger partial charge in [0.1, 0.15) is 5.75 Å². The van der Waals surface area contributed by atoms with Gasteiger partial charge < -0.3 is 10.1 Å². The van der Waals surface area contributed by atoms with Crippen LogP contribution < -0.4 is 10.1 Å². The van der Waals surface area contributed by atoms with Gasteiger partial charge in [-0.3, -0.25) is 4.79 Å². The maximum Gasteiger partial charge on any atom is 0.247 e. The van der Waals surface area contributed by atoms with Gasteiger partial charge in [0.15, 0.2) is 4.75 Å². The van der Waals surface area contributed by atoms with Crippen LogP contribution >= 0.6 is 11.6 Å². The number of halogens is 1. The van der Waals surface area contributed by atoms with Gasteiger partial charge in [-0.05, 0) is 24.6 Å². The van der Waals surface area contributed by atoms with E-state index >= 15 is 0 Å². The molecule has 1 aromatic carbocycles. The molecule has 0 bridgehead atoms. The zero-order valence-electron chi connectivity index (χ0n) is 11.6. The van der Waals surface area contributed by atoms with E-state index in [0.717, 1.165) is 0 Å². The third kappa shape index (κ3) is 1.95. The molecule has 1 saturated heterocycles. The summed E-state index contributed by atoms with van der Waals surface area (Å²) in [5.74, 6) is -0.121. The van der Waals surface area contributed by atoms with Crippen LogP contribution in [0.1, 0.15) is 6.42 Å². The second-order valence-corrected chi connectivity index (χ2v) is 8.09. The summed E-state index contributed by atoms with van der Waals surface area (Å²) in [7, 11) is -0.575. The first-order valence-electron chi connectivity index (χ1n) is 6.44. The van der Waals surface area contributed by atoms with E-state index in [1.807, 2.05) is 0 Å². The monoisotopic (exact) mass is 330 g/mol. The summed E-state index contributed by atoms with van der Waals surface area (Å²) in [4.78, 5) is 12.4. The van der Waals surface area contributed by atoms with Crippen molar-refractivity contribution in [2.45, 2.75) is 11.2 Å². The van der Waals surface area contributed by atoms with Crippen molar-refractivity contribution in [1.29, 1.82) is 0 Å². The van der Waals surface area contributed by atoms with E-state index in [-0.39, 0.29) is 5.92 Å². The molecule has 2 atom stereocenters. The number of amides is 1. The Labute approximate surface area is 128 Å². The second kappa shape index (κ2) is 4.59. The minimum absolute atomic E-state index is 0.124. The smallest absolute Gasteiger partial charge is 0.247 e. The van der Waals surface area contributed by atoms with Crippen molar-refractivity contribution in [3.63, 3.8) is 0 Å². The first kappa shape index (κ1) is 14.6. The van der Waals surface area contributed by atoms with Crippen LogP contribution in [0.5, 0.6) is 5.75 Å². The van der Waals surface area contributed by atoms with Crippen LogP contribution in [0.4, 0.5) is 5.69 Å². The van der Waals surface area contributed by atoms with Crippen molar-refractivity contribution in [3.8, 4) is 5.75 Å². The van der Waals surface area contributed by atoms with Crippen LogP contribution in [0.2, 0.25) is 5.02 Å². The number of nitrogens with zero attached hydrogens (tertiary/aromatic N) is 1. The summed E-state index contributed by atoms with van der Waals surface area (Å²) >= 11 is 5.99. The Kier molecular flexibility index (Phi) is 3.20. The fourth-order valence-corrected chi connectivity index (χ4v) is 5.28. The maximum absolute atomic E-state index is 12.4. The van der Waals surface area contributed by atoms with Crippen LogP contribution in [0.25, 0.3) is 0 Å². The lowest BCUT2D eigenvalue weighted by molar-refractivity contribution is -0.116. The largest absolute Gasteiger partial charge is 0.495 e. The minimum Gasteiger partial charge on any atom is -0.495 e. The molecule has 1 heterocycles. The van der Waals surface area contributed by atoms with Gasteiger partial charge in [-0.1, -0.05) is 11.6 Å². The number of benzene rings is 1. The zero-order valence-corrected chi connectivity index (χ0v) is 13.2. The van der Waals surface area contributed by atoms with Gasteiger partial charge in [-0.25, -0.2) is 12.7 Å². The van der Waals surface area contributed by atoms with Gasteiger partial charge in [-0.2, -0.15) is 0 Å². The summed E-state index contributed by atoms with van der Waals surface area (Å²) in [5, 5.41) is 3.00. The predicted molar refractivity (Wildman–Crippen MR) is 79.0 cm³/mol. The van der Waals surface area contributed by atoms with Gasteiger partial charge in [0, 0.05) is 25.2 Å².